The first-order chi connectivity index (χ1) is 14.0. The van der Waals surface area contributed by atoms with Crippen LogP contribution in [0.25, 0.3) is 0 Å². The van der Waals surface area contributed by atoms with Gasteiger partial charge in [-0.15, -0.1) is 0 Å². The molecule has 0 aromatic heterocycles. The van der Waals surface area contributed by atoms with E-state index in [0.29, 0.717) is 25.3 Å². The Bertz CT molecular complexity index is 831. The molecule has 8 heteroatoms. The van der Waals surface area contributed by atoms with Crippen LogP contribution >= 0.6 is 0 Å². The quantitative estimate of drug-likeness (QED) is 0.537. The molecule has 2 aromatic carbocycles. The number of nitrogens with zero attached hydrogens (tertiary/aromatic N) is 2. The van der Waals surface area contributed by atoms with E-state index in [0.717, 1.165) is 24.3 Å². The van der Waals surface area contributed by atoms with Gasteiger partial charge in [0.1, 0.15) is 19.1 Å². The molecule has 2 aromatic rings. The molecule has 1 heterocycles. The molecule has 8 nitrogen and oxygen atoms in total. The van der Waals surface area contributed by atoms with Gasteiger partial charge in [0.15, 0.2) is 0 Å². The highest BCUT2D eigenvalue weighted by atomic mass is 16.6. The molecule has 0 bridgehead atoms. The van der Waals surface area contributed by atoms with Crippen LogP contribution in [0.15, 0.2) is 48.5 Å². The van der Waals surface area contributed by atoms with E-state index in [2.05, 4.69) is 34.5 Å². The summed E-state index contributed by atoms with van der Waals surface area (Å²) in [6, 6.07) is 14.2. The maximum atomic E-state index is 12.6. The number of anilines is 1. The minimum Gasteiger partial charge on any atom is -0.378 e. The average molecular weight is 399 g/mol. The summed E-state index contributed by atoms with van der Waals surface area (Å²) in [5.74, 6) is -0.234. The Labute approximate surface area is 170 Å². The lowest BCUT2D eigenvalue weighted by Gasteiger charge is -2.32. The second kappa shape index (κ2) is 9.49. The molecule has 0 saturated carbocycles. The van der Waals surface area contributed by atoms with Gasteiger partial charge in [-0.25, -0.2) is 0 Å². The summed E-state index contributed by atoms with van der Waals surface area (Å²) in [5.41, 5.74) is 2.67. The summed E-state index contributed by atoms with van der Waals surface area (Å²) >= 11 is 0. The Morgan fingerprint density at radius 3 is 2.31 bits per heavy atom. The standard InChI is InChI=1S/C21H26N4O4/c1-23(2)18-7-3-16(4-8-18)20(24-11-13-29-14-12-24)15-22-21(26)17-5-9-19(10-6-17)25(27)28/h3-10,20H,11-15H2,1-2H3,(H,22,26)/p+1/t20-/m1/s1. The van der Waals surface area contributed by atoms with E-state index in [1.165, 1.54) is 29.2 Å². The lowest BCUT2D eigenvalue weighted by molar-refractivity contribution is -0.937. The van der Waals surface area contributed by atoms with Crippen molar-refractivity contribution in [2.75, 3.05) is 51.8 Å². The van der Waals surface area contributed by atoms with Crippen LogP contribution in [0.4, 0.5) is 11.4 Å². The Morgan fingerprint density at radius 1 is 1.14 bits per heavy atom. The number of rotatable bonds is 7. The van der Waals surface area contributed by atoms with Gasteiger partial charge in [-0.3, -0.25) is 14.9 Å². The number of morpholine rings is 1. The van der Waals surface area contributed by atoms with Crippen LogP contribution in [-0.2, 0) is 4.74 Å². The molecular weight excluding hydrogens is 372 g/mol. The van der Waals surface area contributed by atoms with E-state index in [1.807, 2.05) is 14.1 Å². The largest absolute Gasteiger partial charge is 0.378 e. The third-order valence-corrected chi connectivity index (χ3v) is 5.25. The first-order valence-electron chi connectivity index (χ1n) is 9.68. The van der Waals surface area contributed by atoms with E-state index in [1.54, 1.807) is 0 Å². The lowest BCUT2D eigenvalue weighted by Crippen LogP contribution is -3.15. The zero-order chi connectivity index (χ0) is 20.8. The fourth-order valence-corrected chi connectivity index (χ4v) is 3.52. The lowest BCUT2D eigenvalue weighted by atomic mass is 10.0. The molecule has 1 aliphatic rings. The van der Waals surface area contributed by atoms with E-state index >= 15 is 0 Å². The van der Waals surface area contributed by atoms with Crippen molar-refractivity contribution in [3.05, 3.63) is 69.8 Å². The monoisotopic (exact) mass is 399 g/mol. The van der Waals surface area contributed by atoms with Crippen LogP contribution in [0.5, 0.6) is 0 Å². The number of nitro benzene ring substituents is 1. The molecule has 154 valence electrons. The normalized spacial score (nSPS) is 15.5. The summed E-state index contributed by atoms with van der Waals surface area (Å²) < 4.78 is 5.49. The van der Waals surface area contributed by atoms with Crippen LogP contribution in [0, 0.1) is 10.1 Å². The molecule has 0 spiro atoms. The van der Waals surface area contributed by atoms with E-state index < -0.39 is 4.92 Å². The van der Waals surface area contributed by atoms with Crippen LogP contribution in [0.1, 0.15) is 22.0 Å². The average Bonchev–Trinajstić information content (AvgIpc) is 2.75. The molecular formula is C21H27N4O4+. The summed E-state index contributed by atoms with van der Waals surface area (Å²) in [6.45, 7) is 3.66. The van der Waals surface area contributed by atoms with E-state index in [9.17, 15) is 14.9 Å². The molecule has 0 unspecified atom stereocenters. The molecule has 0 aliphatic carbocycles. The minimum atomic E-state index is -0.475. The van der Waals surface area contributed by atoms with Crippen molar-refractivity contribution in [1.29, 1.82) is 0 Å². The highest BCUT2D eigenvalue weighted by molar-refractivity contribution is 5.94. The van der Waals surface area contributed by atoms with Crippen LogP contribution in [-0.4, -0.2) is 57.8 Å². The summed E-state index contributed by atoms with van der Waals surface area (Å²) in [5, 5.41) is 13.8. The van der Waals surface area contributed by atoms with Gasteiger partial charge in [-0.2, -0.15) is 0 Å². The van der Waals surface area contributed by atoms with E-state index in [4.69, 9.17) is 4.74 Å². The van der Waals surface area contributed by atoms with Gasteiger partial charge in [0.05, 0.1) is 24.7 Å². The van der Waals surface area contributed by atoms with Crippen molar-refractivity contribution in [2.45, 2.75) is 6.04 Å². The number of ether oxygens (including phenoxy) is 1. The number of carbonyl (C=O) groups is 1. The molecule has 1 aliphatic heterocycles. The molecule has 1 saturated heterocycles. The number of non-ortho nitro benzene ring substituents is 1. The summed E-state index contributed by atoms with van der Waals surface area (Å²) in [4.78, 5) is 26.3. The SMILES string of the molecule is CN(C)c1ccc([C@@H](CNC(=O)c2ccc([N+](=O)[O-])cc2)[NH+]2CCOCC2)cc1. The number of hydrogen-bond acceptors (Lipinski definition) is 5. The number of quaternary nitrogens is 1. The van der Waals surface area contributed by atoms with Gasteiger partial charge in [-0.05, 0) is 24.3 Å². The summed E-state index contributed by atoms with van der Waals surface area (Å²) in [6.07, 6.45) is 0. The third kappa shape index (κ3) is 5.30. The van der Waals surface area contributed by atoms with Crippen molar-refractivity contribution in [2.24, 2.45) is 0 Å². The smallest absolute Gasteiger partial charge is 0.269 e. The van der Waals surface area contributed by atoms with Crippen molar-refractivity contribution in [1.82, 2.24) is 5.32 Å². The van der Waals surface area contributed by atoms with Gasteiger partial charge in [-0.1, -0.05) is 12.1 Å². The second-order valence-electron chi connectivity index (χ2n) is 7.32. The van der Waals surface area contributed by atoms with Crippen LogP contribution in [0.3, 0.4) is 0 Å². The van der Waals surface area contributed by atoms with E-state index in [-0.39, 0.29) is 17.6 Å². The van der Waals surface area contributed by atoms with Crippen molar-refractivity contribution >= 4 is 17.3 Å². The molecule has 0 radical (unpaired) electrons. The highest BCUT2D eigenvalue weighted by Gasteiger charge is 2.27. The van der Waals surface area contributed by atoms with Gasteiger partial charge in [0, 0.05) is 43.0 Å². The van der Waals surface area contributed by atoms with Crippen molar-refractivity contribution < 1.29 is 19.4 Å². The predicted octanol–water partition coefficient (Wildman–Crippen LogP) is 1.05. The zero-order valence-electron chi connectivity index (χ0n) is 16.8. The maximum absolute atomic E-state index is 12.6. The Morgan fingerprint density at radius 2 is 1.76 bits per heavy atom. The van der Waals surface area contributed by atoms with Crippen LogP contribution < -0.4 is 15.1 Å². The fraction of sp³-hybridized carbons (Fsp3) is 0.381. The van der Waals surface area contributed by atoms with Gasteiger partial charge in [0.2, 0.25) is 0 Å². The highest BCUT2D eigenvalue weighted by Crippen LogP contribution is 2.17. The fourth-order valence-electron chi connectivity index (χ4n) is 3.52. The molecule has 29 heavy (non-hydrogen) atoms. The number of nitro groups is 1. The number of amides is 1. The minimum absolute atomic E-state index is 0.0295. The Balaban J connectivity index is 1.72. The van der Waals surface area contributed by atoms with Crippen molar-refractivity contribution in [3.63, 3.8) is 0 Å². The number of benzene rings is 2. The topological polar surface area (TPSA) is 89.2 Å². The molecule has 2 N–H and O–H groups in total. The second-order valence-corrected chi connectivity index (χ2v) is 7.32. The molecule has 1 atom stereocenters. The summed E-state index contributed by atoms with van der Waals surface area (Å²) in [7, 11) is 4.01. The molecule has 3 rings (SSSR count). The first-order valence-corrected chi connectivity index (χ1v) is 9.68. The van der Waals surface area contributed by atoms with Gasteiger partial charge in [0.25, 0.3) is 11.6 Å². The van der Waals surface area contributed by atoms with Crippen LogP contribution in [0.2, 0.25) is 0 Å². The third-order valence-electron chi connectivity index (χ3n) is 5.25. The number of nitrogens with one attached hydrogen (secondary N) is 2. The van der Waals surface area contributed by atoms with Crippen molar-refractivity contribution in [3.8, 4) is 0 Å². The predicted molar refractivity (Wildman–Crippen MR) is 110 cm³/mol. The number of carbonyl (C=O) groups excluding carboxylic acids is 1. The molecule has 1 fully saturated rings. The zero-order valence-corrected chi connectivity index (χ0v) is 16.8. The van der Waals surface area contributed by atoms with Gasteiger partial charge >= 0.3 is 0 Å². The Hall–Kier alpha value is -2.97. The van der Waals surface area contributed by atoms with Gasteiger partial charge < -0.3 is 19.9 Å². The maximum Gasteiger partial charge on any atom is 0.269 e. The number of hydrogen-bond donors (Lipinski definition) is 2. The first kappa shape index (κ1) is 20.8. The molecule has 1 amide bonds. The Kier molecular flexibility index (Phi) is 6.79.